The third kappa shape index (κ3) is 5.79. The van der Waals surface area contributed by atoms with E-state index in [-0.39, 0.29) is 17.3 Å². The zero-order valence-corrected chi connectivity index (χ0v) is 12.3. The highest BCUT2D eigenvalue weighted by Crippen LogP contribution is 2.30. The zero-order chi connectivity index (χ0) is 16.0. The van der Waals surface area contributed by atoms with Gasteiger partial charge in [-0.25, -0.2) is 4.99 Å². The fourth-order valence-electron chi connectivity index (χ4n) is 1.20. The summed E-state index contributed by atoms with van der Waals surface area (Å²) >= 11 is 7.09. The van der Waals surface area contributed by atoms with Crippen molar-refractivity contribution in [3.05, 3.63) is 33.3 Å². The molecule has 1 aliphatic heterocycles. The lowest BCUT2D eigenvalue weighted by molar-refractivity contribution is -0.384. The lowest BCUT2D eigenvalue weighted by Gasteiger charge is -2.00. The molecule has 1 fully saturated rings. The van der Waals surface area contributed by atoms with Gasteiger partial charge in [0, 0.05) is 19.1 Å². The Morgan fingerprint density at radius 2 is 2.19 bits per heavy atom. The summed E-state index contributed by atoms with van der Waals surface area (Å²) in [6.45, 7) is 1.08. The zero-order valence-electron chi connectivity index (χ0n) is 10.7. The number of carbonyl (C=O) groups is 2. The minimum atomic E-state index is -0.833. The number of nitro benzene ring substituents is 1. The lowest BCUT2D eigenvalue weighted by atomic mass is 10.3. The number of nitrogens with one attached hydrogen (secondary N) is 1. The lowest BCUT2D eigenvalue weighted by Crippen LogP contribution is -2.19. The molecule has 1 amide bonds. The van der Waals surface area contributed by atoms with Crippen LogP contribution in [0.3, 0.4) is 0 Å². The van der Waals surface area contributed by atoms with Crippen molar-refractivity contribution in [3.8, 4) is 0 Å². The number of carboxylic acids is 1. The molecule has 21 heavy (non-hydrogen) atoms. The van der Waals surface area contributed by atoms with E-state index in [0.717, 1.165) is 6.92 Å². The molecule has 2 rings (SSSR count). The van der Waals surface area contributed by atoms with Gasteiger partial charge in [0.05, 0.1) is 21.4 Å². The number of aliphatic imine (C=N–C) groups is 1. The number of carbonyl (C=O) groups excluding carboxylic acids is 1. The van der Waals surface area contributed by atoms with Crippen molar-refractivity contribution in [2.24, 2.45) is 4.99 Å². The Morgan fingerprint density at radius 1 is 1.57 bits per heavy atom. The molecule has 0 aliphatic carbocycles. The van der Waals surface area contributed by atoms with E-state index >= 15 is 0 Å². The summed E-state index contributed by atoms with van der Waals surface area (Å²) in [5, 5.41) is 21.2. The highest BCUT2D eigenvalue weighted by atomic mass is 35.5. The molecule has 8 nitrogen and oxygen atoms in total. The maximum absolute atomic E-state index is 10.9. The fourth-order valence-corrected chi connectivity index (χ4v) is 2.04. The van der Waals surface area contributed by atoms with Crippen LogP contribution in [-0.2, 0) is 9.59 Å². The van der Waals surface area contributed by atoms with Crippen LogP contribution in [-0.4, -0.2) is 32.8 Å². The molecule has 1 saturated heterocycles. The Morgan fingerprint density at radius 3 is 2.67 bits per heavy atom. The predicted molar refractivity (Wildman–Crippen MR) is 79.1 cm³/mol. The van der Waals surface area contributed by atoms with E-state index in [9.17, 15) is 14.9 Å². The molecule has 0 radical (unpaired) electrons. The van der Waals surface area contributed by atoms with E-state index in [1.54, 1.807) is 0 Å². The standard InChI is InChI=1S/C9H6ClN3O3S.C2H4O2/c10-6-2-1-5(13(15)16)3-7(6)11-9-12-8(14)4-17-9;1-2(3)4/h1-3H,4H2,(H,11,12,14);1H3,(H,3,4). The second-order valence-corrected chi connectivity index (χ2v) is 5.04. The van der Waals surface area contributed by atoms with Crippen molar-refractivity contribution in [1.82, 2.24) is 5.32 Å². The van der Waals surface area contributed by atoms with Crippen molar-refractivity contribution in [1.29, 1.82) is 0 Å². The first-order valence-corrected chi connectivity index (χ1v) is 6.80. The SMILES string of the molecule is CC(=O)O.O=C1CSC(=Nc2cc([N+](=O)[O-])ccc2Cl)N1. The number of amidine groups is 1. The Kier molecular flexibility index (Phi) is 6.12. The minimum Gasteiger partial charge on any atom is -0.481 e. The number of non-ortho nitro benzene ring substituents is 1. The van der Waals surface area contributed by atoms with Gasteiger partial charge in [0.2, 0.25) is 5.91 Å². The second-order valence-electron chi connectivity index (χ2n) is 3.67. The highest BCUT2D eigenvalue weighted by molar-refractivity contribution is 8.15. The summed E-state index contributed by atoms with van der Waals surface area (Å²) in [6.07, 6.45) is 0. The predicted octanol–water partition coefficient (Wildman–Crippen LogP) is 2.19. The van der Waals surface area contributed by atoms with Crippen LogP contribution in [0.15, 0.2) is 23.2 Å². The summed E-state index contributed by atoms with van der Waals surface area (Å²) in [5.41, 5.74) is 0.175. The van der Waals surface area contributed by atoms with Crippen LogP contribution in [0.25, 0.3) is 0 Å². The van der Waals surface area contributed by atoms with Crippen LogP contribution in [0.1, 0.15) is 6.92 Å². The van der Waals surface area contributed by atoms with Gasteiger partial charge in [-0.1, -0.05) is 23.4 Å². The largest absolute Gasteiger partial charge is 0.481 e. The molecule has 0 aromatic heterocycles. The Balaban J connectivity index is 0.000000491. The number of hydrogen-bond acceptors (Lipinski definition) is 6. The summed E-state index contributed by atoms with van der Waals surface area (Å²) in [7, 11) is 0. The van der Waals surface area contributed by atoms with Gasteiger partial charge in [0.15, 0.2) is 5.17 Å². The third-order valence-electron chi connectivity index (χ3n) is 1.95. The molecule has 112 valence electrons. The number of thioether (sulfide) groups is 1. The number of hydrogen-bond donors (Lipinski definition) is 2. The number of nitro groups is 1. The normalized spacial score (nSPS) is 15.1. The number of carboxylic acid groups (broad SMARTS) is 1. The van der Waals surface area contributed by atoms with E-state index in [1.165, 1.54) is 30.0 Å². The van der Waals surface area contributed by atoms with Crippen molar-refractivity contribution < 1.29 is 19.6 Å². The van der Waals surface area contributed by atoms with Crippen molar-refractivity contribution in [2.45, 2.75) is 6.92 Å². The van der Waals surface area contributed by atoms with E-state index in [4.69, 9.17) is 21.5 Å². The smallest absolute Gasteiger partial charge is 0.300 e. The molecule has 1 heterocycles. The van der Waals surface area contributed by atoms with Gasteiger partial charge in [0.25, 0.3) is 11.7 Å². The van der Waals surface area contributed by atoms with E-state index in [0.29, 0.717) is 15.9 Å². The van der Waals surface area contributed by atoms with E-state index in [2.05, 4.69) is 10.3 Å². The van der Waals surface area contributed by atoms with Crippen molar-refractivity contribution in [3.63, 3.8) is 0 Å². The summed E-state index contributed by atoms with van der Waals surface area (Å²) < 4.78 is 0. The van der Waals surface area contributed by atoms with Crippen LogP contribution < -0.4 is 5.32 Å². The molecule has 0 atom stereocenters. The molecule has 2 N–H and O–H groups in total. The van der Waals surface area contributed by atoms with Crippen LogP contribution in [0.4, 0.5) is 11.4 Å². The molecule has 0 unspecified atom stereocenters. The Labute approximate surface area is 128 Å². The van der Waals surface area contributed by atoms with Gasteiger partial charge in [0.1, 0.15) is 0 Å². The first kappa shape index (κ1) is 16.9. The van der Waals surface area contributed by atoms with Crippen molar-refractivity contribution in [2.75, 3.05) is 5.75 Å². The number of benzene rings is 1. The van der Waals surface area contributed by atoms with Crippen LogP contribution in [0, 0.1) is 10.1 Å². The number of halogens is 1. The summed E-state index contributed by atoms with van der Waals surface area (Å²) in [4.78, 5) is 34.1. The van der Waals surface area contributed by atoms with Gasteiger partial charge >= 0.3 is 0 Å². The average molecular weight is 332 g/mol. The summed E-state index contributed by atoms with van der Waals surface area (Å²) in [5.74, 6) is -0.680. The molecule has 1 aromatic carbocycles. The van der Waals surface area contributed by atoms with Crippen molar-refractivity contribution >= 4 is 51.8 Å². The average Bonchev–Trinajstić information content (AvgIpc) is 2.76. The van der Waals surface area contributed by atoms with E-state index in [1.807, 2.05) is 0 Å². The maximum Gasteiger partial charge on any atom is 0.300 e. The van der Waals surface area contributed by atoms with Crippen LogP contribution in [0.5, 0.6) is 0 Å². The van der Waals surface area contributed by atoms with Gasteiger partial charge in [-0.3, -0.25) is 19.7 Å². The topological polar surface area (TPSA) is 122 Å². The minimum absolute atomic E-state index is 0.0944. The second kappa shape index (κ2) is 7.60. The monoisotopic (exact) mass is 331 g/mol. The first-order valence-electron chi connectivity index (χ1n) is 5.44. The van der Waals surface area contributed by atoms with Gasteiger partial charge in [-0.15, -0.1) is 0 Å². The van der Waals surface area contributed by atoms with Gasteiger partial charge in [-0.05, 0) is 6.07 Å². The Bertz CT molecular complexity index is 616. The molecule has 1 aliphatic rings. The van der Waals surface area contributed by atoms with E-state index < -0.39 is 10.9 Å². The first-order chi connectivity index (χ1) is 9.79. The Hall–Kier alpha value is -2.13. The van der Waals surface area contributed by atoms with Gasteiger partial charge in [-0.2, -0.15) is 0 Å². The number of amides is 1. The number of aliphatic carboxylic acids is 1. The molecule has 0 spiro atoms. The number of rotatable bonds is 2. The summed E-state index contributed by atoms with van der Waals surface area (Å²) in [6, 6.07) is 3.97. The van der Waals surface area contributed by atoms with Gasteiger partial charge < -0.3 is 10.4 Å². The molecule has 0 saturated carbocycles. The molecule has 0 bridgehead atoms. The maximum atomic E-state index is 10.9. The molecule has 1 aromatic rings. The number of nitrogens with zero attached hydrogens (tertiary/aromatic N) is 2. The molecular formula is C11H10ClN3O5S. The molecule has 10 heteroatoms. The third-order valence-corrected chi connectivity index (χ3v) is 3.14. The highest BCUT2D eigenvalue weighted by Gasteiger charge is 2.17. The quantitative estimate of drug-likeness (QED) is 0.632. The van der Waals surface area contributed by atoms with Crippen LogP contribution >= 0.6 is 23.4 Å². The molecular weight excluding hydrogens is 322 g/mol. The fraction of sp³-hybridized carbons (Fsp3) is 0.182. The van der Waals surface area contributed by atoms with Crippen LogP contribution in [0.2, 0.25) is 5.02 Å².